The summed E-state index contributed by atoms with van der Waals surface area (Å²) in [6.07, 6.45) is 4.81. The fourth-order valence-electron chi connectivity index (χ4n) is 4.77. The van der Waals surface area contributed by atoms with Crippen LogP contribution in [-0.2, 0) is 24.8 Å². The number of fused-ring (bicyclic) bond motifs is 3. The number of carbonyl (C=O) groups is 1. The van der Waals surface area contributed by atoms with Gasteiger partial charge < -0.3 is 9.47 Å². The Labute approximate surface area is 180 Å². The van der Waals surface area contributed by atoms with Crippen molar-refractivity contribution in [1.82, 2.24) is 19.2 Å². The lowest BCUT2D eigenvalue weighted by Crippen LogP contribution is -2.40. The maximum absolute atomic E-state index is 13.2. The molecular formula is C25H26N4O2. The first-order valence-electron chi connectivity index (χ1n) is 10.9. The Morgan fingerprint density at radius 3 is 2.48 bits per heavy atom. The minimum Gasteiger partial charge on any atom is -0.341 e. The molecule has 6 nitrogen and oxygen atoms in total. The van der Waals surface area contributed by atoms with Crippen LogP contribution in [0, 0.1) is 5.92 Å². The van der Waals surface area contributed by atoms with Gasteiger partial charge in [-0.15, -0.1) is 0 Å². The second kappa shape index (κ2) is 8.02. The van der Waals surface area contributed by atoms with Crippen molar-refractivity contribution < 1.29 is 4.79 Å². The number of nitrogens with zero attached hydrogens (tertiary/aromatic N) is 4. The van der Waals surface area contributed by atoms with Crippen molar-refractivity contribution in [2.45, 2.75) is 25.8 Å². The number of aryl methyl sites for hydroxylation is 1. The highest BCUT2D eigenvalue weighted by molar-refractivity contribution is 6.07. The largest absolute Gasteiger partial charge is 0.341 e. The van der Waals surface area contributed by atoms with Gasteiger partial charge >= 0.3 is 0 Å². The van der Waals surface area contributed by atoms with E-state index in [1.54, 1.807) is 13.2 Å². The van der Waals surface area contributed by atoms with E-state index in [0.717, 1.165) is 48.6 Å². The third-order valence-electron chi connectivity index (χ3n) is 6.49. The summed E-state index contributed by atoms with van der Waals surface area (Å²) in [6, 6.07) is 18.4. The van der Waals surface area contributed by atoms with Gasteiger partial charge in [-0.05, 0) is 36.8 Å². The van der Waals surface area contributed by atoms with Crippen molar-refractivity contribution in [2.75, 3.05) is 13.1 Å². The molecule has 0 aliphatic carbocycles. The summed E-state index contributed by atoms with van der Waals surface area (Å²) >= 11 is 0. The fraction of sp³-hybridized carbons (Fsp3) is 0.320. The molecule has 3 heterocycles. The third kappa shape index (κ3) is 3.63. The van der Waals surface area contributed by atoms with Crippen LogP contribution in [0.5, 0.6) is 0 Å². The number of hydrogen-bond acceptors (Lipinski definition) is 3. The molecule has 1 fully saturated rings. The van der Waals surface area contributed by atoms with Crippen LogP contribution in [0.2, 0.25) is 0 Å². The van der Waals surface area contributed by atoms with Crippen molar-refractivity contribution in [3.8, 4) is 0 Å². The van der Waals surface area contributed by atoms with Crippen LogP contribution in [0.3, 0.4) is 0 Å². The Morgan fingerprint density at radius 2 is 1.71 bits per heavy atom. The lowest BCUT2D eigenvalue weighted by molar-refractivity contribution is -0.133. The van der Waals surface area contributed by atoms with E-state index >= 15 is 0 Å². The van der Waals surface area contributed by atoms with Crippen molar-refractivity contribution in [3.63, 3.8) is 0 Å². The number of amides is 1. The molecule has 0 radical (unpaired) electrons. The second-order valence-corrected chi connectivity index (χ2v) is 8.45. The number of carbonyl (C=O) groups excluding carboxylic acids is 1. The van der Waals surface area contributed by atoms with E-state index in [9.17, 15) is 9.59 Å². The Bertz CT molecular complexity index is 1300. The zero-order chi connectivity index (χ0) is 21.4. The molecule has 0 spiro atoms. The van der Waals surface area contributed by atoms with E-state index in [4.69, 9.17) is 0 Å². The number of likely N-dealkylation sites (tertiary alicyclic amines) is 1. The molecule has 0 unspecified atom stereocenters. The van der Waals surface area contributed by atoms with Gasteiger partial charge in [-0.2, -0.15) is 5.10 Å². The number of piperidine rings is 1. The van der Waals surface area contributed by atoms with Crippen molar-refractivity contribution >= 4 is 27.7 Å². The smallest absolute Gasteiger partial charge is 0.291 e. The lowest BCUT2D eigenvalue weighted by atomic mass is 9.90. The second-order valence-electron chi connectivity index (χ2n) is 8.45. The molecule has 1 aliphatic rings. The predicted octanol–water partition coefficient (Wildman–Crippen LogP) is 3.37. The van der Waals surface area contributed by atoms with Gasteiger partial charge in [0, 0.05) is 36.4 Å². The average molecular weight is 415 g/mol. The number of hydrogen-bond donors (Lipinski definition) is 0. The number of rotatable bonds is 4. The zero-order valence-electron chi connectivity index (χ0n) is 17.7. The van der Waals surface area contributed by atoms with E-state index < -0.39 is 0 Å². The molecule has 0 atom stereocenters. The van der Waals surface area contributed by atoms with Crippen molar-refractivity contribution in [2.24, 2.45) is 13.0 Å². The molecule has 6 heteroatoms. The van der Waals surface area contributed by atoms with Gasteiger partial charge in [-0.1, -0.05) is 48.5 Å². The maximum atomic E-state index is 13.2. The first-order chi connectivity index (χ1) is 15.1. The van der Waals surface area contributed by atoms with Gasteiger partial charge in [0.05, 0.1) is 6.20 Å². The Hall–Kier alpha value is -3.41. The van der Waals surface area contributed by atoms with Gasteiger partial charge in [-0.3, -0.25) is 9.59 Å². The molecule has 0 N–H and O–H groups in total. The van der Waals surface area contributed by atoms with Crippen molar-refractivity contribution in [1.29, 1.82) is 0 Å². The summed E-state index contributed by atoms with van der Waals surface area (Å²) in [4.78, 5) is 28.0. The number of para-hydroxylation sites is 1. The van der Waals surface area contributed by atoms with Crippen LogP contribution < -0.4 is 5.56 Å². The Balaban J connectivity index is 1.36. The van der Waals surface area contributed by atoms with E-state index in [2.05, 4.69) is 29.4 Å². The van der Waals surface area contributed by atoms with Gasteiger partial charge in [-0.25, -0.2) is 4.68 Å². The van der Waals surface area contributed by atoms with Crippen LogP contribution >= 0.6 is 0 Å². The summed E-state index contributed by atoms with van der Waals surface area (Å²) in [5.41, 5.74) is 2.63. The van der Waals surface area contributed by atoms with Crippen LogP contribution in [0.15, 0.2) is 65.6 Å². The maximum Gasteiger partial charge on any atom is 0.291 e. The molecule has 0 saturated carbocycles. The summed E-state index contributed by atoms with van der Waals surface area (Å²) in [5, 5.41) is 5.93. The van der Waals surface area contributed by atoms with Crippen LogP contribution in [0.1, 0.15) is 18.4 Å². The Kier molecular flexibility index (Phi) is 5.06. The van der Waals surface area contributed by atoms with E-state index in [0.29, 0.717) is 11.4 Å². The molecule has 2 aromatic carbocycles. The van der Waals surface area contributed by atoms with Crippen LogP contribution in [0.25, 0.3) is 21.8 Å². The predicted molar refractivity (Wildman–Crippen MR) is 122 cm³/mol. The highest BCUT2D eigenvalue weighted by Gasteiger charge is 2.25. The Morgan fingerprint density at radius 1 is 1.00 bits per heavy atom. The topological polar surface area (TPSA) is 60.1 Å². The normalized spacial score (nSPS) is 15.1. The highest BCUT2D eigenvalue weighted by Crippen LogP contribution is 2.27. The van der Waals surface area contributed by atoms with Crippen LogP contribution in [-0.4, -0.2) is 38.2 Å². The average Bonchev–Trinajstić information content (AvgIpc) is 3.11. The monoisotopic (exact) mass is 414 g/mol. The molecule has 31 heavy (non-hydrogen) atoms. The van der Waals surface area contributed by atoms with Gasteiger partial charge in [0.1, 0.15) is 12.1 Å². The minimum absolute atomic E-state index is 0.0691. The first kappa shape index (κ1) is 19.5. The SMILES string of the molecule is Cn1ncc2c3ccccc3n(CC(=O)N3CCC(Cc4ccccc4)CC3)c2c1=O. The summed E-state index contributed by atoms with van der Waals surface area (Å²) in [6.45, 7) is 1.71. The van der Waals surface area contributed by atoms with Crippen LogP contribution in [0.4, 0.5) is 0 Å². The number of benzene rings is 2. The van der Waals surface area contributed by atoms with E-state index in [-0.39, 0.29) is 18.0 Å². The molecule has 5 rings (SSSR count). The first-order valence-corrected chi connectivity index (χ1v) is 10.9. The van der Waals surface area contributed by atoms with E-state index in [1.165, 1.54) is 10.2 Å². The van der Waals surface area contributed by atoms with Gasteiger partial charge in [0.15, 0.2) is 0 Å². The van der Waals surface area contributed by atoms with Gasteiger partial charge in [0.25, 0.3) is 5.56 Å². The molecule has 1 aliphatic heterocycles. The summed E-state index contributed by atoms with van der Waals surface area (Å²) in [7, 11) is 1.64. The molecule has 4 aromatic rings. The quantitative estimate of drug-likeness (QED) is 0.514. The minimum atomic E-state index is -0.178. The molecular weight excluding hydrogens is 388 g/mol. The molecule has 1 saturated heterocycles. The molecule has 1 amide bonds. The summed E-state index contributed by atoms with van der Waals surface area (Å²) in [5.74, 6) is 0.678. The molecule has 2 aromatic heterocycles. The van der Waals surface area contributed by atoms with E-state index in [1.807, 2.05) is 39.8 Å². The summed E-state index contributed by atoms with van der Waals surface area (Å²) < 4.78 is 3.20. The highest BCUT2D eigenvalue weighted by atomic mass is 16.2. The number of aromatic nitrogens is 3. The zero-order valence-corrected chi connectivity index (χ0v) is 17.7. The van der Waals surface area contributed by atoms with Gasteiger partial charge in [0.2, 0.25) is 5.91 Å². The molecule has 0 bridgehead atoms. The van der Waals surface area contributed by atoms with Crippen molar-refractivity contribution in [3.05, 3.63) is 76.7 Å². The molecule has 158 valence electrons. The standard InChI is InChI=1S/C25H26N4O2/c1-27-25(31)24-21(16-26-27)20-9-5-6-10-22(20)29(24)17-23(30)28-13-11-19(12-14-28)15-18-7-3-2-4-8-18/h2-10,16,19H,11-15,17H2,1H3. The fourth-order valence-corrected chi connectivity index (χ4v) is 4.77. The lowest BCUT2D eigenvalue weighted by Gasteiger charge is -2.32. The third-order valence-corrected chi connectivity index (χ3v) is 6.49.